The number of benzene rings is 3. The van der Waals surface area contributed by atoms with Gasteiger partial charge in [-0.25, -0.2) is 22.6 Å². The number of ether oxygens (including phenoxy) is 3. The molecule has 0 saturated carbocycles. The molecule has 0 aliphatic carbocycles. The van der Waals surface area contributed by atoms with E-state index in [2.05, 4.69) is 41.5 Å². The van der Waals surface area contributed by atoms with Crippen LogP contribution in [-0.4, -0.2) is 110 Å². The third-order valence-electron chi connectivity index (χ3n) is 9.78. The van der Waals surface area contributed by atoms with E-state index in [1.807, 2.05) is 18.2 Å². The van der Waals surface area contributed by atoms with Crippen molar-refractivity contribution < 1.29 is 37.3 Å². The Hall–Kier alpha value is -3.99. The molecule has 1 aromatic heterocycles. The largest absolute Gasteiger partial charge is 0.473 e. The number of nitrogens with one attached hydrogen (secondary N) is 2. The van der Waals surface area contributed by atoms with Gasteiger partial charge in [-0.3, -0.25) is 10.2 Å². The molecule has 15 heteroatoms. The lowest BCUT2D eigenvalue weighted by molar-refractivity contribution is 0.101. The molecule has 2 aliphatic rings. The zero-order chi connectivity index (χ0) is 37.5. The van der Waals surface area contributed by atoms with Crippen LogP contribution < -0.4 is 15.4 Å². The van der Waals surface area contributed by atoms with Gasteiger partial charge in [-0.1, -0.05) is 24.3 Å². The van der Waals surface area contributed by atoms with E-state index >= 15 is 4.39 Å². The van der Waals surface area contributed by atoms with Gasteiger partial charge in [0.25, 0.3) is 0 Å². The van der Waals surface area contributed by atoms with Gasteiger partial charge in [-0.05, 0) is 82.3 Å². The van der Waals surface area contributed by atoms with Crippen LogP contribution in [0.3, 0.4) is 0 Å². The van der Waals surface area contributed by atoms with Crippen molar-refractivity contribution in [1.82, 2.24) is 24.9 Å². The van der Waals surface area contributed by atoms with Crippen molar-refractivity contribution >= 4 is 27.8 Å². The maximum atomic E-state index is 15.0. The summed E-state index contributed by atoms with van der Waals surface area (Å²) in [6, 6.07) is 16.2. The fraction of sp³-hybridized carbons (Fsp3) is 0.421. The van der Waals surface area contributed by atoms with Crippen molar-refractivity contribution in [1.29, 1.82) is 0 Å². The van der Waals surface area contributed by atoms with Gasteiger partial charge in [-0.15, -0.1) is 5.10 Å². The minimum absolute atomic E-state index is 0.0593. The lowest BCUT2D eigenvalue weighted by Gasteiger charge is -2.21. The highest BCUT2D eigenvalue weighted by Gasteiger charge is 2.36. The minimum Gasteiger partial charge on any atom is -0.473 e. The molecule has 0 spiro atoms. The summed E-state index contributed by atoms with van der Waals surface area (Å²) in [6.45, 7) is 4.81. The standard InChI is InChI=1S/C38H44BrF3N6O5/c1-51-14-12-46-11-10-25(20-46)24-8-9-32(42)30(18-24)34(49)23-53-37-35(39)36(48(45-37)29-6-4-3-5-7-29)44-38(50)43-33-22-47(13-15-52-2)21-31(33)26-16-27(40)19-28(41)17-26/h3-9,16-19,25,31,33-34,49H,10-15,20-23H2,1-2H3,(H2,43,44,50). The van der Waals surface area contributed by atoms with Gasteiger partial charge in [0.05, 0.1) is 24.9 Å². The summed E-state index contributed by atoms with van der Waals surface area (Å²) >= 11 is 3.52. The number of anilines is 1. The molecule has 3 aromatic carbocycles. The smallest absolute Gasteiger partial charge is 0.320 e. The van der Waals surface area contributed by atoms with Crippen molar-refractivity contribution in [3.63, 3.8) is 0 Å². The number of likely N-dealkylation sites (tertiary alicyclic amines) is 2. The number of aromatic nitrogens is 2. The van der Waals surface area contributed by atoms with Gasteiger partial charge >= 0.3 is 6.03 Å². The molecule has 284 valence electrons. The first kappa shape index (κ1) is 38.7. The second-order valence-corrected chi connectivity index (χ2v) is 14.2. The van der Waals surface area contributed by atoms with Crippen molar-refractivity contribution in [2.24, 2.45) is 0 Å². The zero-order valence-corrected chi connectivity index (χ0v) is 31.2. The highest BCUT2D eigenvalue weighted by Crippen LogP contribution is 2.36. The van der Waals surface area contributed by atoms with Gasteiger partial charge < -0.3 is 29.5 Å². The minimum atomic E-state index is -1.30. The van der Waals surface area contributed by atoms with Crippen LogP contribution in [0.1, 0.15) is 41.1 Å². The van der Waals surface area contributed by atoms with Gasteiger partial charge in [0.2, 0.25) is 5.88 Å². The van der Waals surface area contributed by atoms with Crippen molar-refractivity contribution in [3.05, 3.63) is 105 Å². The topological polar surface area (TPSA) is 113 Å². The van der Waals surface area contributed by atoms with Crippen LogP contribution in [0.25, 0.3) is 5.69 Å². The number of carbonyl (C=O) groups excluding carboxylic acids is 1. The van der Waals surface area contributed by atoms with E-state index in [9.17, 15) is 18.7 Å². The van der Waals surface area contributed by atoms with E-state index in [4.69, 9.17) is 14.2 Å². The number of amides is 2. The SMILES string of the molecule is COCCN1CCC(c2ccc(F)c(C(O)COc3nn(-c4ccccc4)c(NC(=O)NC4CN(CCOC)CC4c4cc(F)cc(F)c4)c3Br)c2)C1. The molecule has 0 radical (unpaired) electrons. The fourth-order valence-corrected chi connectivity index (χ4v) is 7.52. The van der Waals surface area contributed by atoms with E-state index in [0.29, 0.717) is 44.1 Å². The Labute approximate surface area is 315 Å². The lowest BCUT2D eigenvalue weighted by atomic mass is 9.94. The Morgan fingerprint density at radius 2 is 1.66 bits per heavy atom. The molecular formula is C38H44BrF3N6O5. The Balaban J connectivity index is 1.18. The molecule has 4 atom stereocenters. The summed E-state index contributed by atoms with van der Waals surface area (Å²) in [5, 5.41) is 21.6. The normalized spacial score (nSPS) is 19.8. The predicted molar refractivity (Wildman–Crippen MR) is 197 cm³/mol. The van der Waals surface area contributed by atoms with Gasteiger partial charge in [0, 0.05) is 64.5 Å². The van der Waals surface area contributed by atoms with E-state index < -0.39 is 41.5 Å². The summed E-state index contributed by atoms with van der Waals surface area (Å²) in [7, 11) is 3.27. The van der Waals surface area contributed by atoms with Gasteiger partial charge in [-0.2, -0.15) is 0 Å². The summed E-state index contributed by atoms with van der Waals surface area (Å²) < 4.78 is 61.7. The maximum Gasteiger partial charge on any atom is 0.320 e. The third-order valence-corrected chi connectivity index (χ3v) is 10.5. The molecule has 2 aliphatic heterocycles. The number of hydrogen-bond donors (Lipinski definition) is 3. The van der Waals surface area contributed by atoms with E-state index in [1.165, 1.54) is 22.9 Å². The van der Waals surface area contributed by atoms with E-state index in [1.54, 1.807) is 38.5 Å². The second-order valence-electron chi connectivity index (χ2n) is 13.4. The highest BCUT2D eigenvalue weighted by atomic mass is 79.9. The molecule has 2 amide bonds. The highest BCUT2D eigenvalue weighted by molar-refractivity contribution is 9.10. The maximum absolute atomic E-state index is 15.0. The zero-order valence-electron chi connectivity index (χ0n) is 29.6. The number of aliphatic hydroxyl groups is 1. The van der Waals surface area contributed by atoms with Crippen LogP contribution in [0.2, 0.25) is 0 Å². The molecule has 53 heavy (non-hydrogen) atoms. The third kappa shape index (κ3) is 9.58. The number of aliphatic hydroxyl groups excluding tert-OH is 1. The molecule has 0 bridgehead atoms. The molecule has 2 saturated heterocycles. The Morgan fingerprint density at radius 1 is 0.943 bits per heavy atom. The Kier molecular flexibility index (Phi) is 13.1. The van der Waals surface area contributed by atoms with Crippen LogP contribution in [0, 0.1) is 17.5 Å². The van der Waals surface area contributed by atoms with Gasteiger partial charge in [0.15, 0.2) is 5.82 Å². The molecule has 6 rings (SSSR count). The quantitative estimate of drug-likeness (QED) is 0.138. The number of para-hydroxylation sites is 1. The number of urea groups is 1. The average molecular weight is 802 g/mol. The van der Waals surface area contributed by atoms with Crippen LogP contribution in [0.15, 0.2) is 71.2 Å². The second kappa shape index (κ2) is 17.9. The van der Waals surface area contributed by atoms with E-state index in [0.717, 1.165) is 37.7 Å². The predicted octanol–water partition coefficient (Wildman–Crippen LogP) is 5.84. The fourth-order valence-electron chi connectivity index (χ4n) is 7.06. The van der Waals surface area contributed by atoms with Crippen LogP contribution >= 0.6 is 15.9 Å². The number of methoxy groups -OCH3 is 2. The lowest BCUT2D eigenvalue weighted by Crippen LogP contribution is -2.42. The summed E-state index contributed by atoms with van der Waals surface area (Å²) in [5.74, 6) is -1.83. The van der Waals surface area contributed by atoms with Crippen LogP contribution in [0.5, 0.6) is 5.88 Å². The van der Waals surface area contributed by atoms with Crippen LogP contribution in [0.4, 0.5) is 23.8 Å². The van der Waals surface area contributed by atoms with Gasteiger partial charge in [0.1, 0.15) is 34.6 Å². The van der Waals surface area contributed by atoms with Crippen molar-refractivity contribution in [2.45, 2.75) is 30.4 Å². The first-order valence-electron chi connectivity index (χ1n) is 17.5. The first-order valence-corrected chi connectivity index (χ1v) is 18.3. The van der Waals surface area contributed by atoms with E-state index in [-0.39, 0.29) is 34.3 Å². The average Bonchev–Trinajstić information content (AvgIpc) is 3.86. The number of hydrogen-bond acceptors (Lipinski definition) is 8. The molecule has 11 nitrogen and oxygen atoms in total. The number of nitrogens with zero attached hydrogens (tertiary/aromatic N) is 4. The van der Waals surface area contributed by atoms with Crippen molar-refractivity contribution in [2.75, 3.05) is 78.6 Å². The van der Waals surface area contributed by atoms with Crippen molar-refractivity contribution in [3.8, 4) is 11.6 Å². The Morgan fingerprint density at radius 3 is 2.38 bits per heavy atom. The summed E-state index contributed by atoms with van der Waals surface area (Å²) in [6.07, 6.45) is -0.381. The molecular weight excluding hydrogens is 757 g/mol. The molecule has 3 N–H and O–H groups in total. The summed E-state index contributed by atoms with van der Waals surface area (Å²) in [5.41, 5.74) is 2.11. The summed E-state index contributed by atoms with van der Waals surface area (Å²) in [4.78, 5) is 18.0. The number of carbonyl (C=O) groups is 1. The Bertz CT molecular complexity index is 1830. The first-order chi connectivity index (χ1) is 25.6. The molecule has 2 fully saturated rings. The number of rotatable bonds is 15. The monoisotopic (exact) mass is 800 g/mol. The van der Waals surface area contributed by atoms with Crippen LogP contribution in [-0.2, 0) is 9.47 Å². The number of halogens is 4. The molecule has 4 aromatic rings. The molecule has 3 heterocycles. The molecule has 4 unspecified atom stereocenters.